The fourth-order valence-corrected chi connectivity index (χ4v) is 7.53. The minimum atomic E-state index is 0.320. The van der Waals surface area contributed by atoms with Crippen molar-refractivity contribution in [3.8, 4) is 51.8 Å². The molecule has 2 heterocycles. The van der Waals surface area contributed by atoms with E-state index in [9.17, 15) is 15.8 Å². The van der Waals surface area contributed by atoms with E-state index in [1.54, 1.807) is 0 Å². The minimum Gasteiger partial charge on any atom is -0.309 e. The van der Waals surface area contributed by atoms with E-state index in [-0.39, 0.29) is 0 Å². The van der Waals surface area contributed by atoms with Gasteiger partial charge in [-0.05, 0) is 65.7 Å². The number of hydrogen-bond acceptors (Lipinski definition) is 3. The summed E-state index contributed by atoms with van der Waals surface area (Å²) in [5.74, 6) is 0. The van der Waals surface area contributed by atoms with E-state index in [1.165, 1.54) is 0 Å². The third-order valence-corrected chi connectivity index (χ3v) is 9.65. The van der Waals surface area contributed by atoms with E-state index in [0.717, 1.165) is 71.7 Å². The van der Waals surface area contributed by atoms with E-state index in [0.29, 0.717) is 22.3 Å². The summed E-state index contributed by atoms with van der Waals surface area (Å²) in [6.45, 7) is 0. The maximum Gasteiger partial charge on any atom is 0.101 e. The second-order valence-corrected chi connectivity index (χ2v) is 12.3. The van der Waals surface area contributed by atoms with Crippen molar-refractivity contribution in [3.05, 3.63) is 168 Å². The first-order valence-electron chi connectivity index (χ1n) is 16.3. The van der Waals surface area contributed by atoms with Gasteiger partial charge in [-0.25, -0.2) is 0 Å². The summed E-state index contributed by atoms with van der Waals surface area (Å²) in [6, 6.07) is 57.8. The molecule has 0 atom stereocenters. The van der Waals surface area contributed by atoms with Crippen LogP contribution in [0.15, 0.2) is 152 Å². The van der Waals surface area contributed by atoms with Gasteiger partial charge >= 0.3 is 0 Å². The van der Waals surface area contributed by atoms with E-state index in [2.05, 4.69) is 81.9 Å². The van der Waals surface area contributed by atoms with Crippen LogP contribution in [0.5, 0.6) is 0 Å². The van der Waals surface area contributed by atoms with Crippen LogP contribution in [0.3, 0.4) is 0 Å². The Morgan fingerprint density at radius 3 is 1.52 bits per heavy atom. The molecule has 50 heavy (non-hydrogen) atoms. The normalized spacial score (nSPS) is 11.1. The first-order valence-corrected chi connectivity index (χ1v) is 16.3. The lowest BCUT2D eigenvalue weighted by atomic mass is 9.89. The highest BCUT2D eigenvalue weighted by atomic mass is 15.0. The second-order valence-electron chi connectivity index (χ2n) is 12.3. The van der Waals surface area contributed by atoms with Gasteiger partial charge in [-0.1, -0.05) is 97.1 Å². The number of nitrogens with zero attached hydrogens (tertiary/aromatic N) is 5. The summed E-state index contributed by atoms with van der Waals surface area (Å²) >= 11 is 0. The summed E-state index contributed by atoms with van der Waals surface area (Å²) in [6.07, 6.45) is 0. The van der Waals surface area contributed by atoms with Crippen LogP contribution in [0.25, 0.3) is 77.2 Å². The molecule has 0 fully saturated rings. The zero-order valence-corrected chi connectivity index (χ0v) is 26.7. The fraction of sp³-hybridized carbons (Fsp3) is 0. The van der Waals surface area contributed by atoms with Gasteiger partial charge in [0.1, 0.15) is 12.1 Å². The van der Waals surface area contributed by atoms with Gasteiger partial charge in [-0.2, -0.15) is 15.8 Å². The highest BCUT2D eigenvalue weighted by Gasteiger charge is 2.22. The van der Waals surface area contributed by atoms with Gasteiger partial charge in [0.15, 0.2) is 0 Å². The van der Waals surface area contributed by atoms with Gasteiger partial charge in [-0.15, -0.1) is 0 Å². The molecule has 0 aliphatic carbocycles. The molecule has 7 aromatic carbocycles. The second kappa shape index (κ2) is 11.4. The van der Waals surface area contributed by atoms with Crippen LogP contribution in [0.2, 0.25) is 0 Å². The number of benzene rings is 7. The van der Waals surface area contributed by atoms with Crippen molar-refractivity contribution in [2.45, 2.75) is 0 Å². The Labute approximate surface area is 287 Å². The molecule has 0 amide bonds. The molecule has 0 radical (unpaired) electrons. The molecule has 0 aliphatic heterocycles. The first kappa shape index (κ1) is 28.8. The molecule has 9 aromatic rings. The Hall–Kier alpha value is -7.39. The van der Waals surface area contributed by atoms with Crippen molar-refractivity contribution < 1.29 is 0 Å². The van der Waals surface area contributed by atoms with Gasteiger partial charge in [0.05, 0.1) is 50.5 Å². The minimum absolute atomic E-state index is 0.320. The quantitative estimate of drug-likeness (QED) is 0.193. The fourth-order valence-electron chi connectivity index (χ4n) is 7.53. The van der Waals surface area contributed by atoms with Crippen LogP contribution in [0.1, 0.15) is 16.7 Å². The standard InChI is InChI=1S/C45H25N5/c46-26-29-21-22-45-39(23-29)37-16-6-10-20-44(37)50(45)43-19-9-3-13-34(43)32-11-1-2-12-33(32)38-25-31(24-30(27-47)40(38)28-48)49-41-17-7-4-14-35(41)36-15-5-8-18-42(36)49/h1-25H. The van der Waals surface area contributed by atoms with E-state index >= 15 is 0 Å². The summed E-state index contributed by atoms with van der Waals surface area (Å²) in [5, 5.41) is 35.0. The SMILES string of the molecule is N#Cc1ccc2c(c1)c1ccccc1n2-c1ccccc1-c1ccccc1-c1cc(-n2c3ccccc3c3ccccc32)cc(C#N)c1C#N. The van der Waals surface area contributed by atoms with Crippen LogP contribution in [-0.2, 0) is 0 Å². The van der Waals surface area contributed by atoms with Crippen molar-refractivity contribution in [1.29, 1.82) is 15.8 Å². The number of rotatable bonds is 4. The Bertz CT molecular complexity index is 2920. The largest absolute Gasteiger partial charge is 0.309 e. The average molecular weight is 636 g/mol. The molecule has 5 nitrogen and oxygen atoms in total. The Morgan fingerprint density at radius 1 is 0.380 bits per heavy atom. The topological polar surface area (TPSA) is 81.2 Å². The molecular formula is C45H25N5. The Morgan fingerprint density at radius 2 is 0.900 bits per heavy atom. The molecule has 0 aliphatic rings. The molecule has 0 spiro atoms. The molecule has 0 bridgehead atoms. The molecular weight excluding hydrogens is 611 g/mol. The Balaban J connectivity index is 1.33. The third-order valence-electron chi connectivity index (χ3n) is 9.65. The smallest absolute Gasteiger partial charge is 0.101 e. The third kappa shape index (κ3) is 4.24. The maximum absolute atomic E-state index is 10.6. The molecule has 0 saturated heterocycles. The van der Waals surface area contributed by atoms with E-state index < -0.39 is 0 Å². The van der Waals surface area contributed by atoms with Gasteiger partial charge in [-0.3, -0.25) is 0 Å². The number of hydrogen-bond donors (Lipinski definition) is 0. The highest BCUT2D eigenvalue weighted by Crippen LogP contribution is 2.42. The molecule has 0 unspecified atom stereocenters. The number of nitriles is 3. The van der Waals surface area contributed by atoms with E-state index in [1.807, 2.05) is 97.1 Å². The van der Waals surface area contributed by atoms with Crippen LogP contribution >= 0.6 is 0 Å². The molecule has 9 rings (SSSR count). The molecule has 5 heteroatoms. The molecule has 0 saturated carbocycles. The molecule has 2 aromatic heterocycles. The van der Waals surface area contributed by atoms with Gasteiger partial charge in [0, 0.05) is 38.4 Å². The molecule has 230 valence electrons. The van der Waals surface area contributed by atoms with Crippen molar-refractivity contribution in [1.82, 2.24) is 9.13 Å². The zero-order valence-electron chi connectivity index (χ0n) is 26.7. The predicted molar refractivity (Wildman–Crippen MR) is 200 cm³/mol. The van der Waals surface area contributed by atoms with Crippen molar-refractivity contribution >= 4 is 43.6 Å². The predicted octanol–water partition coefficient (Wildman–Crippen LogP) is 10.8. The number of aromatic nitrogens is 2. The van der Waals surface area contributed by atoms with Crippen molar-refractivity contribution in [3.63, 3.8) is 0 Å². The highest BCUT2D eigenvalue weighted by molar-refractivity contribution is 6.11. The van der Waals surface area contributed by atoms with Gasteiger partial charge in [0.25, 0.3) is 0 Å². The number of para-hydroxylation sites is 4. The van der Waals surface area contributed by atoms with E-state index in [4.69, 9.17) is 0 Å². The zero-order chi connectivity index (χ0) is 33.8. The lowest BCUT2D eigenvalue weighted by molar-refractivity contribution is 1.17. The van der Waals surface area contributed by atoms with Crippen LogP contribution < -0.4 is 0 Å². The van der Waals surface area contributed by atoms with Crippen LogP contribution in [-0.4, -0.2) is 9.13 Å². The monoisotopic (exact) mass is 635 g/mol. The lowest BCUT2D eigenvalue weighted by Gasteiger charge is -2.19. The average Bonchev–Trinajstić information content (AvgIpc) is 3.70. The summed E-state index contributed by atoms with van der Waals surface area (Å²) in [7, 11) is 0. The lowest BCUT2D eigenvalue weighted by Crippen LogP contribution is -2.01. The summed E-state index contributed by atoms with van der Waals surface area (Å²) in [4.78, 5) is 0. The first-order chi connectivity index (χ1) is 24.7. The summed E-state index contributed by atoms with van der Waals surface area (Å²) in [5.41, 5.74) is 10.6. The van der Waals surface area contributed by atoms with Crippen LogP contribution in [0, 0.1) is 34.0 Å². The van der Waals surface area contributed by atoms with Crippen molar-refractivity contribution in [2.24, 2.45) is 0 Å². The number of fused-ring (bicyclic) bond motifs is 6. The van der Waals surface area contributed by atoms with Crippen LogP contribution in [0.4, 0.5) is 0 Å². The van der Waals surface area contributed by atoms with Crippen molar-refractivity contribution in [2.75, 3.05) is 0 Å². The Kier molecular flexibility index (Phi) is 6.56. The van der Waals surface area contributed by atoms with Gasteiger partial charge < -0.3 is 9.13 Å². The summed E-state index contributed by atoms with van der Waals surface area (Å²) < 4.78 is 4.43. The van der Waals surface area contributed by atoms with Gasteiger partial charge in [0.2, 0.25) is 0 Å². The maximum atomic E-state index is 10.6. The molecule has 0 N–H and O–H groups in total.